The highest BCUT2D eigenvalue weighted by Crippen LogP contribution is 2.29. The lowest BCUT2D eigenvalue weighted by molar-refractivity contribution is 0.996. The minimum Gasteiger partial charge on any atom is -0.0988 e. The van der Waals surface area contributed by atoms with Crippen LogP contribution in [0.2, 0.25) is 0 Å². The monoisotopic (exact) mass is 196 g/mol. The van der Waals surface area contributed by atoms with E-state index in [2.05, 4.69) is 49.9 Å². The van der Waals surface area contributed by atoms with Gasteiger partial charge in [0.15, 0.2) is 0 Å². The van der Waals surface area contributed by atoms with E-state index in [0.717, 1.165) is 12.8 Å². The van der Waals surface area contributed by atoms with Gasteiger partial charge in [-0.25, -0.2) is 0 Å². The predicted molar refractivity (Wildman–Crippen MR) is 66.7 cm³/mol. The Kier molecular flexibility index (Phi) is 2.86. The third-order valence-corrected chi connectivity index (χ3v) is 2.89. The molecule has 1 aliphatic carbocycles. The molecular formula is C15H16. The van der Waals surface area contributed by atoms with E-state index < -0.39 is 0 Å². The zero-order valence-electron chi connectivity index (χ0n) is 9.16. The van der Waals surface area contributed by atoms with Gasteiger partial charge in [-0.05, 0) is 42.0 Å². The molecule has 0 bridgehead atoms. The second-order valence-electron chi connectivity index (χ2n) is 3.90. The van der Waals surface area contributed by atoms with Gasteiger partial charge in [0, 0.05) is 0 Å². The standard InChI is InChI=1S/C15H16/c1-3-13-9-5-7-11-15(13)14-10-6-4-8-12(14)2/h3-4,6-8,10-11H,1,5,9H2,2H3. The summed E-state index contributed by atoms with van der Waals surface area (Å²) < 4.78 is 0. The quantitative estimate of drug-likeness (QED) is 0.662. The van der Waals surface area contributed by atoms with Crippen molar-refractivity contribution in [2.24, 2.45) is 0 Å². The molecule has 0 saturated heterocycles. The summed E-state index contributed by atoms with van der Waals surface area (Å²) in [4.78, 5) is 0. The number of hydrogen-bond acceptors (Lipinski definition) is 0. The second kappa shape index (κ2) is 4.31. The summed E-state index contributed by atoms with van der Waals surface area (Å²) in [6.45, 7) is 6.06. The van der Waals surface area contributed by atoms with Crippen LogP contribution in [-0.2, 0) is 0 Å². The highest BCUT2D eigenvalue weighted by molar-refractivity contribution is 5.80. The first-order valence-corrected chi connectivity index (χ1v) is 5.41. The van der Waals surface area contributed by atoms with Crippen molar-refractivity contribution in [1.82, 2.24) is 0 Å². The van der Waals surface area contributed by atoms with Crippen LogP contribution in [0.1, 0.15) is 24.0 Å². The van der Waals surface area contributed by atoms with Crippen molar-refractivity contribution in [3.63, 3.8) is 0 Å². The molecule has 0 heteroatoms. The Bertz CT molecular complexity index is 433. The van der Waals surface area contributed by atoms with Crippen molar-refractivity contribution in [3.8, 4) is 0 Å². The average molecular weight is 196 g/mol. The van der Waals surface area contributed by atoms with E-state index in [9.17, 15) is 0 Å². The Morgan fingerprint density at radius 2 is 2.07 bits per heavy atom. The average Bonchev–Trinajstić information content (AvgIpc) is 2.30. The molecule has 0 saturated carbocycles. The molecule has 0 atom stereocenters. The molecule has 0 heterocycles. The highest BCUT2D eigenvalue weighted by atomic mass is 14.1. The molecule has 0 amide bonds. The lowest BCUT2D eigenvalue weighted by Crippen LogP contribution is -1.94. The minimum atomic E-state index is 1.11. The van der Waals surface area contributed by atoms with E-state index in [4.69, 9.17) is 0 Å². The van der Waals surface area contributed by atoms with E-state index in [1.165, 1.54) is 22.3 Å². The fourth-order valence-electron chi connectivity index (χ4n) is 2.03. The summed E-state index contributed by atoms with van der Waals surface area (Å²) in [5.74, 6) is 0. The zero-order chi connectivity index (χ0) is 10.7. The summed E-state index contributed by atoms with van der Waals surface area (Å²) in [5, 5.41) is 0. The summed E-state index contributed by atoms with van der Waals surface area (Å²) in [6, 6.07) is 8.52. The van der Waals surface area contributed by atoms with Crippen LogP contribution >= 0.6 is 0 Å². The first-order chi connectivity index (χ1) is 7.33. The molecule has 1 aromatic carbocycles. The van der Waals surface area contributed by atoms with Crippen LogP contribution in [0.5, 0.6) is 0 Å². The van der Waals surface area contributed by atoms with Crippen molar-refractivity contribution < 1.29 is 0 Å². The lowest BCUT2D eigenvalue weighted by atomic mass is 9.90. The van der Waals surface area contributed by atoms with Crippen LogP contribution in [-0.4, -0.2) is 0 Å². The largest absolute Gasteiger partial charge is 0.0988 e. The van der Waals surface area contributed by atoms with Gasteiger partial charge in [0.1, 0.15) is 0 Å². The number of hydrogen-bond donors (Lipinski definition) is 0. The molecular weight excluding hydrogens is 180 g/mol. The Balaban J connectivity index is 2.54. The van der Waals surface area contributed by atoms with Gasteiger partial charge in [-0.3, -0.25) is 0 Å². The molecule has 0 aliphatic heterocycles. The van der Waals surface area contributed by atoms with E-state index in [0.29, 0.717) is 0 Å². The first kappa shape index (κ1) is 9.97. The Labute approximate surface area is 91.6 Å². The maximum Gasteiger partial charge on any atom is -0.0152 e. The number of aryl methyl sites for hydroxylation is 1. The van der Waals surface area contributed by atoms with Gasteiger partial charge in [-0.15, -0.1) is 0 Å². The summed E-state index contributed by atoms with van der Waals surface area (Å²) in [6.07, 6.45) is 8.71. The molecule has 2 rings (SSSR count). The number of rotatable bonds is 2. The van der Waals surface area contributed by atoms with Crippen LogP contribution in [0.3, 0.4) is 0 Å². The van der Waals surface area contributed by atoms with E-state index >= 15 is 0 Å². The fourth-order valence-corrected chi connectivity index (χ4v) is 2.03. The molecule has 76 valence electrons. The number of benzene rings is 1. The lowest BCUT2D eigenvalue weighted by Gasteiger charge is -2.15. The second-order valence-corrected chi connectivity index (χ2v) is 3.90. The molecule has 1 aromatic rings. The normalized spacial score (nSPS) is 15.5. The van der Waals surface area contributed by atoms with Gasteiger partial charge in [-0.2, -0.15) is 0 Å². The van der Waals surface area contributed by atoms with Crippen LogP contribution in [0.25, 0.3) is 5.57 Å². The topological polar surface area (TPSA) is 0 Å². The van der Waals surface area contributed by atoms with E-state index in [1.54, 1.807) is 0 Å². The van der Waals surface area contributed by atoms with E-state index in [1.807, 2.05) is 6.08 Å². The highest BCUT2D eigenvalue weighted by Gasteiger charge is 2.09. The Morgan fingerprint density at radius 3 is 2.80 bits per heavy atom. The third kappa shape index (κ3) is 1.94. The van der Waals surface area contributed by atoms with Gasteiger partial charge in [0.25, 0.3) is 0 Å². The molecule has 0 fully saturated rings. The summed E-state index contributed by atoms with van der Waals surface area (Å²) >= 11 is 0. The van der Waals surface area contributed by atoms with Gasteiger partial charge in [0.2, 0.25) is 0 Å². The maximum absolute atomic E-state index is 3.90. The molecule has 15 heavy (non-hydrogen) atoms. The van der Waals surface area contributed by atoms with Crippen molar-refractivity contribution in [2.75, 3.05) is 0 Å². The predicted octanol–water partition coefficient (Wildman–Crippen LogP) is 4.28. The molecule has 0 unspecified atom stereocenters. The van der Waals surface area contributed by atoms with Gasteiger partial charge in [0.05, 0.1) is 0 Å². The van der Waals surface area contributed by atoms with Crippen molar-refractivity contribution in [2.45, 2.75) is 19.8 Å². The van der Waals surface area contributed by atoms with E-state index in [-0.39, 0.29) is 0 Å². The van der Waals surface area contributed by atoms with Crippen LogP contribution < -0.4 is 0 Å². The molecule has 1 aliphatic rings. The summed E-state index contributed by atoms with van der Waals surface area (Å²) in [7, 11) is 0. The van der Waals surface area contributed by atoms with Gasteiger partial charge < -0.3 is 0 Å². The summed E-state index contributed by atoms with van der Waals surface area (Å²) in [5.41, 5.74) is 5.38. The van der Waals surface area contributed by atoms with Crippen molar-refractivity contribution in [1.29, 1.82) is 0 Å². The van der Waals surface area contributed by atoms with Gasteiger partial charge in [-0.1, -0.05) is 49.1 Å². The SMILES string of the molecule is C=CC1=C(c2ccccc2C)C=CCC1. The Hall–Kier alpha value is -1.56. The fraction of sp³-hybridized carbons (Fsp3) is 0.200. The van der Waals surface area contributed by atoms with Crippen LogP contribution in [0, 0.1) is 6.92 Å². The molecule has 0 N–H and O–H groups in total. The molecule has 0 radical (unpaired) electrons. The van der Waals surface area contributed by atoms with Crippen LogP contribution in [0.15, 0.2) is 54.6 Å². The third-order valence-electron chi connectivity index (χ3n) is 2.89. The smallest absolute Gasteiger partial charge is 0.0152 e. The Morgan fingerprint density at radius 1 is 1.27 bits per heavy atom. The zero-order valence-corrected chi connectivity index (χ0v) is 9.16. The minimum absolute atomic E-state index is 1.11. The molecule has 0 nitrogen and oxygen atoms in total. The first-order valence-electron chi connectivity index (χ1n) is 5.41. The molecule has 0 aromatic heterocycles. The van der Waals surface area contributed by atoms with Gasteiger partial charge >= 0.3 is 0 Å². The van der Waals surface area contributed by atoms with Crippen molar-refractivity contribution in [3.05, 3.63) is 65.8 Å². The number of allylic oxidation sites excluding steroid dienone is 5. The maximum atomic E-state index is 3.90. The molecule has 0 spiro atoms. The van der Waals surface area contributed by atoms with Crippen LogP contribution in [0.4, 0.5) is 0 Å². The van der Waals surface area contributed by atoms with Crippen molar-refractivity contribution >= 4 is 5.57 Å².